The number of rotatable bonds is 5. The van der Waals surface area contributed by atoms with Crippen LogP contribution < -0.4 is 4.90 Å². The van der Waals surface area contributed by atoms with Crippen molar-refractivity contribution in [2.75, 3.05) is 25.1 Å². The zero-order valence-corrected chi connectivity index (χ0v) is 14.0. The highest BCUT2D eigenvalue weighted by Crippen LogP contribution is 2.26. The van der Waals surface area contributed by atoms with E-state index in [1.54, 1.807) is 0 Å². The zero-order valence-electron chi connectivity index (χ0n) is 14.0. The number of benzene rings is 2. The molecule has 4 nitrogen and oxygen atoms in total. The van der Waals surface area contributed by atoms with Crippen molar-refractivity contribution in [3.05, 3.63) is 59.7 Å². The number of aromatic nitrogens is 1. The fourth-order valence-electron chi connectivity index (χ4n) is 2.86. The second kappa shape index (κ2) is 6.99. The van der Waals surface area contributed by atoms with Crippen molar-refractivity contribution in [1.82, 2.24) is 4.98 Å². The Hall–Kier alpha value is -2.43. The lowest BCUT2D eigenvalue weighted by Crippen LogP contribution is -2.20. The summed E-state index contributed by atoms with van der Waals surface area (Å²) >= 11 is 0. The molecule has 124 valence electrons. The number of pyridine rings is 1. The summed E-state index contributed by atoms with van der Waals surface area (Å²) < 4.78 is 0. The minimum Gasteiger partial charge on any atom is -0.395 e. The van der Waals surface area contributed by atoms with Gasteiger partial charge in [-0.25, -0.2) is 4.98 Å². The van der Waals surface area contributed by atoms with E-state index in [0.717, 1.165) is 33.4 Å². The average Bonchev–Trinajstić information content (AvgIpc) is 2.61. The van der Waals surface area contributed by atoms with E-state index in [1.165, 1.54) is 5.56 Å². The Balaban J connectivity index is 1.99. The van der Waals surface area contributed by atoms with E-state index in [2.05, 4.69) is 13.0 Å². The molecular weight excluding hydrogens is 300 g/mol. The summed E-state index contributed by atoms with van der Waals surface area (Å²) in [5.41, 5.74) is 5.97. The highest BCUT2D eigenvalue weighted by atomic mass is 16.3. The summed E-state index contributed by atoms with van der Waals surface area (Å²) in [6, 6.07) is 16.1. The molecule has 0 amide bonds. The molecule has 2 aromatic carbocycles. The zero-order chi connectivity index (χ0) is 17.1. The molecule has 4 heteroatoms. The Bertz CT molecular complexity index is 844. The van der Waals surface area contributed by atoms with Gasteiger partial charge in [0.2, 0.25) is 0 Å². The molecule has 24 heavy (non-hydrogen) atoms. The summed E-state index contributed by atoms with van der Waals surface area (Å²) in [7, 11) is 1.96. The van der Waals surface area contributed by atoms with Gasteiger partial charge in [-0.1, -0.05) is 24.3 Å². The Morgan fingerprint density at radius 3 is 2.42 bits per heavy atom. The van der Waals surface area contributed by atoms with E-state index in [4.69, 9.17) is 10.1 Å². The maximum absolute atomic E-state index is 9.33. The molecule has 3 rings (SSSR count). The molecule has 0 bridgehead atoms. The highest BCUT2D eigenvalue weighted by molar-refractivity contribution is 5.85. The van der Waals surface area contributed by atoms with Crippen molar-refractivity contribution in [1.29, 1.82) is 0 Å². The molecule has 0 fully saturated rings. The number of aliphatic hydroxyl groups is 2. The fraction of sp³-hybridized carbons (Fsp3) is 0.250. The molecule has 0 spiro atoms. The summed E-state index contributed by atoms with van der Waals surface area (Å²) in [6.45, 7) is 2.84. The first-order valence-electron chi connectivity index (χ1n) is 8.06. The third-order valence-corrected chi connectivity index (χ3v) is 4.30. The third kappa shape index (κ3) is 3.25. The highest BCUT2D eigenvalue weighted by Gasteiger charge is 2.07. The maximum Gasteiger partial charge on any atom is 0.0715 e. The van der Waals surface area contributed by atoms with Crippen LogP contribution in [0, 0.1) is 6.92 Å². The van der Waals surface area contributed by atoms with E-state index < -0.39 is 0 Å². The van der Waals surface area contributed by atoms with Crippen LogP contribution in [-0.4, -0.2) is 35.4 Å². The molecular formula is C20H22N2O2. The Labute approximate surface area is 142 Å². The van der Waals surface area contributed by atoms with Crippen LogP contribution in [0.4, 0.5) is 5.69 Å². The van der Waals surface area contributed by atoms with E-state index in [-0.39, 0.29) is 13.2 Å². The smallest absolute Gasteiger partial charge is 0.0715 e. The number of nitrogens with zero attached hydrogens (tertiary/aromatic N) is 2. The van der Waals surface area contributed by atoms with Crippen LogP contribution in [0.1, 0.15) is 11.1 Å². The first-order chi connectivity index (χ1) is 11.6. The van der Waals surface area contributed by atoms with Gasteiger partial charge in [0.15, 0.2) is 0 Å². The summed E-state index contributed by atoms with van der Waals surface area (Å²) in [6.07, 6.45) is 0. The van der Waals surface area contributed by atoms with Crippen LogP contribution in [0.5, 0.6) is 0 Å². The molecule has 1 aromatic heterocycles. The summed E-state index contributed by atoms with van der Waals surface area (Å²) in [4.78, 5) is 6.77. The van der Waals surface area contributed by atoms with Gasteiger partial charge in [0.25, 0.3) is 0 Å². The lowest BCUT2D eigenvalue weighted by molar-refractivity contribution is 0.282. The van der Waals surface area contributed by atoms with E-state index in [9.17, 15) is 5.11 Å². The van der Waals surface area contributed by atoms with Crippen LogP contribution in [0.2, 0.25) is 0 Å². The Morgan fingerprint density at radius 1 is 1.00 bits per heavy atom. The minimum atomic E-state index is 0.0206. The molecule has 0 aliphatic heterocycles. The van der Waals surface area contributed by atoms with Gasteiger partial charge in [0.1, 0.15) is 0 Å². The van der Waals surface area contributed by atoms with Gasteiger partial charge >= 0.3 is 0 Å². The second-order valence-corrected chi connectivity index (χ2v) is 6.03. The SMILES string of the molecule is Cc1cc(-c2ccc(N(C)CCO)cc2)nc2cc(CO)ccc12. The van der Waals surface area contributed by atoms with Gasteiger partial charge in [0, 0.05) is 30.2 Å². The number of aliphatic hydroxyl groups excluding tert-OH is 2. The van der Waals surface area contributed by atoms with Crippen molar-refractivity contribution in [2.24, 2.45) is 0 Å². The second-order valence-electron chi connectivity index (χ2n) is 6.03. The van der Waals surface area contributed by atoms with Crippen molar-refractivity contribution < 1.29 is 10.2 Å². The standard InChI is InChI=1S/C20H22N2O2/c1-14-11-19(21-20-12-15(13-24)3-8-18(14)20)16-4-6-17(7-5-16)22(2)9-10-23/h3-8,11-12,23-24H,9-10,13H2,1-2H3. The Morgan fingerprint density at radius 2 is 1.75 bits per heavy atom. The predicted octanol–water partition coefficient (Wildman–Crippen LogP) is 3.13. The number of aryl methyl sites for hydroxylation is 1. The first-order valence-corrected chi connectivity index (χ1v) is 8.06. The summed E-state index contributed by atoms with van der Waals surface area (Å²) in [5.74, 6) is 0. The molecule has 0 aliphatic rings. The minimum absolute atomic E-state index is 0.0206. The van der Waals surface area contributed by atoms with Crippen molar-refractivity contribution in [3.63, 3.8) is 0 Å². The molecule has 0 unspecified atom stereocenters. The normalized spacial score (nSPS) is 11.0. The van der Waals surface area contributed by atoms with Crippen molar-refractivity contribution in [2.45, 2.75) is 13.5 Å². The lowest BCUT2D eigenvalue weighted by atomic mass is 10.0. The number of fused-ring (bicyclic) bond motifs is 1. The lowest BCUT2D eigenvalue weighted by Gasteiger charge is -2.18. The Kier molecular flexibility index (Phi) is 4.79. The summed E-state index contributed by atoms with van der Waals surface area (Å²) in [5, 5.41) is 19.5. The molecule has 0 aliphatic carbocycles. The van der Waals surface area contributed by atoms with Gasteiger partial charge in [-0.05, 0) is 42.3 Å². The molecule has 0 saturated carbocycles. The van der Waals surface area contributed by atoms with Gasteiger partial charge in [-0.2, -0.15) is 0 Å². The number of likely N-dealkylation sites (N-methyl/N-ethyl adjacent to an activating group) is 1. The van der Waals surface area contributed by atoms with E-state index in [1.807, 2.05) is 54.4 Å². The van der Waals surface area contributed by atoms with Crippen LogP contribution in [0.15, 0.2) is 48.5 Å². The quantitative estimate of drug-likeness (QED) is 0.758. The molecule has 2 N–H and O–H groups in total. The fourth-order valence-corrected chi connectivity index (χ4v) is 2.86. The molecule has 0 atom stereocenters. The van der Waals surface area contributed by atoms with Crippen LogP contribution >= 0.6 is 0 Å². The monoisotopic (exact) mass is 322 g/mol. The first kappa shape index (κ1) is 16.4. The van der Waals surface area contributed by atoms with Gasteiger partial charge < -0.3 is 15.1 Å². The van der Waals surface area contributed by atoms with Crippen LogP contribution in [-0.2, 0) is 6.61 Å². The van der Waals surface area contributed by atoms with E-state index >= 15 is 0 Å². The third-order valence-electron chi connectivity index (χ3n) is 4.30. The van der Waals surface area contributed by atoms with Gasteiger partial charge in [-0.15, -0.1) is 0 Å². The molecule has 0 saturated heterocycles. The van der Waals surface area contributed by atoms with Crippen LogP contribution in [0.25, 0.3) is 22.2 Å². The predicted molar refractivity (Wildman–Crippen MR) is 98.2 cm³/mol. The molecule has 1 heterocycles. The maximum atomic E-state index is 9.33. The van der Waals surface area contributed by atoms with Crippen molar-refractivity contribution >= 4 is 16.6 Å². The number of hydrogen-bond acceptors (Lipinski definition) is 4. The van der Waals surface area contributed by atoms with Gasteiger partial charge in [-0.3, -0.25) is 0 Å². The number of anilines is 1. The van der Waals surface area contributed by atoms with Gasteiger partial charge in [0.05, 0.1) is 24.4 Å². The largest absolute Gasteiger partial charge is 0.395 e. The average molecular weight is 322 g/mol. The molecule has 3 aromatic rings. The van der Waals surface area contributed by atoms with Crippen LogP contribution in [0.3, 0.4) is 0 Å². The molecule has 0 radical (unpaired) electrons. The topological polar surface area (TPSA) is 56.6 Å². The van der Waals surface area contributed by atoms with E-state index in [0.29, 0.717) is 6.54 Å². The van der Waals surface area contributed by atoms with Crippen molar-refractivity contribution in [3.8, 4) is 11.3 Å². The number of hydrogen-bond donors (Lipinski definition) is 2.